The molecule has 2 unspecified atom stereocenters. The van der Waals surface area contributed by atoms with Gasteiger partial charge in [-0.3, -0.25) is 9.59 Å². The van der Waals surface area contributed by atoms with Crippen LogP contribution >= 0.6 is 11.8 Å². The van der Waals surface area contributed by atoms with Crippen LogP contribution in [0.2, 0.25) is 0 Å². The van der Waals surface area contributed by atoms with Crippen molar-refractivity contribution in [3.63, 3.8) is 0 Å². The van der Waals surface area contributed by atoms with Crippen LogP contribution in [0.15, 0.2) is 11.5 Å². The molecule has 1 amide bonds. The third kappa shape index (κ3) is 4.26. The van der Waals surface area contributed by atoms with Crippen molar-refractivity contribution in [2.24, 2.45) is 5.92 Å². The first kappa shape index (κ1) is 13.1. The molecule has 1 aliphatic carbocycles. The van der Waals surface area contributed by atoms with Crippen molar-refractivity contribution in [3.8, 4) is 0 Å². The fraction of sp³-hybridized carbons (Fsp3) is 0.636. The van der Waals surface area contributed by atoms with Crippen LogP contribution in [0, 0.1) is 5.92 Å². The molecule has 0 saturated heterocycles. The molecule has 0 heterocycles. The summed E-state index contributed by atoms with van der Waals surface area (Å²) < 4.78 is 0. The molecule has 0 aromatic heterocycles. The van der Waals surface area contributed by atoms with Gasteiger partial charge in [-0.15, -0.1) is 11.8 Å². The molecule has 2 atom stereocenters. The third-order valence-corrected chi connectivity index (χ3v) is 3.13. The van der Waals surface area contributed by atoms with Crippen LogP contribution in [-0.4, -0.2) is 29.3 Å². The normalized spacial score (nSPS) is 25.6. The zero-order valence-electron chi connectivity index (χ0n) is 9.31. The van der Waals surface area contributed by atoms with Crippen LogP contribution in [0.1, 0.15) is 25.7 Å². The lowest BCUT2D eigenvalue weighted by Crippen LogP contribution is -2.39. The Morgan fingerprint density at radius 1 is 1.44 bits per heavy atom. The SMILES string of the molecule is CS/C=C/C(=O)NC1CCCC(C(=O)O)C1. The number of thioether (sulfide) groups is 1. The van der Waals surface area contributed by atoms with Gasteiger partial charge in [-0.1, -0.05) is 6.42 Å². The smallest absolute Gasteiger partial charge is 0.306 e. The maximum absolute atomic E-state index is 11.4. The monoisotopic (exact) mass is 243 g/mol. The molecule has 16 heavy (non-hydrogen) atoms. The fourth-order valence-corrected chi connectivity index (χ4v) is 2.18. The Morgan fingerprint density at radius 2 is 2.19 bits per heavy atom. The first-order chi connectivity index (χ1) is 7.63. The van der Waals surface area contributed by atoms with Crippen molar-refractivity contribution >= 4 is 23.6 Å². The molecule has 4 nitrogen and oxygen atoms in total. The van der Waals surface area contributed by atoms with Crippen LogP contribution in [0.25, 0.3) is 0 Å². The van der Waals surface area contributed by atoms with E-state index in [2.05, 4.69) is 5.32 Å². The van der Waals surface area contributed by atoms with Gasteiger partial charge in [-0.05, 0) is 30.9 Å². The lowest BCUT2D eigenvalue weighted by molar-refractivity contribution is -0.143. The summed E-state index contributed by atoms with van der Waals surface area (Å²) in [5.41, 5.74) is 0. The molecule has 1 aliphatic rings. The van der Waals surface area contributed by atoms with Gasteiger partial charge < -0.3 is 10.4 Å². The van der Waals surface area contributed by atoms with Crippen LogP contribution in [0.3, 0.4) is 0 Å². The largest absolute Gasteiger partial charge is 0.481 e. The average molecular weight is 243 g/mol. The minimum Gasteiger partial charge on any atom is -0.481 e. The minimum atomic E-state index is -0.751. The van der Waals surface area contributed by atoms with E-state index in [-0.39, 0.29) is 17.9 Å². The van der Waals surface area contributed by atoms with E-state index < -0.39 is 5.97 Å². The minimum absolute atomic E-state index is 0.00820. The van der Waals surface area contributed by atoms with Crippen LogP contribution in [0.5, 0.6) is 0 Å². The zero-order valence-corrected chi connectivity index (χ0v) is 10.1. The lowest BCUT2D eigenvalue weighted by Gasteiger charge is -2.26. The summed E-state index contributed by atoms with van der Waals surface area (Å²) in [5, 5.41) is 13.5. The highest BCUT2D eigenvalue weighted by Crippen LogP contribution is 2.24. The number of nitrogens with one attached hydrogen (secondary N) is 1. The summed E-state index contributed by atoms with van der Waals surface area (Å²) in [6.07, 6.45) is 6.38. The standard InChI is InChI=1S/C11H17NO3S/c1-16-6-5-10(13)12-9-4-2-3-8(7-9)11(14)15/h5-6,8-9H,2-4,7H2,1H3,(H,12,13)(H,14,15)/b6-5+. The van der Waals surface area contributed by atoms with Crippen molar-refractivity contribution in [2.75, 3.05) is 6.26 Å². The first-order valence-corrected chi connectivity index (χ1v) is 6.65. The summed E-state index contributed by atoms with van der Waals surface area (Å²) >= 11 is 1.46. The summed E-state index contributed by atoms with van der Waals surface area (Å²) in [5.74, 6) is -1.19. The van der Waals surface area contributed by atoms with Crippen molar-refractivity contribution < 1.29 is 14.7 Å². The highest BCUT2D eigenvalue weighted by atomic mass is 32.2. The Kier molecular flexibility index (Phi) is 5.38. The number of aliphatic carboxylic acids is 1. The predicted octanol–water partition coefficient (Wildman–Crippen LogP) is 1.62. The molecule has 0 spiro atoms. The number of amides is 1. The maximum atomic E-state index is 11.4. The Hall–Kier alpha value is -0.970. The van der Waals surface area contributed by atoms with E-state index in [1.54, 1.807) is 5.41 Å². The van der Waals surface area contributed by atoms with E-state index in [0.29, 0.717) is 6.42 Å². The molecule has 1 fully saturated rings. The highest BCUT2D eigenvalue weighted by Gasteiger charge is 2.27. The van der Waals surface area contributed by atoms with Crippen LogP contribution in [-0.2, 0) is 9.59 Å². The molecule has 0 aromatic rings. The van der Waals surface area contributed by atoms with E-state index in [4.69, 9.17) is 5.11 Å². The van der Waals surface area contributed by atoms with Gasteiger partial charge in [-0.25, -0.2) is 0 Å². The Morgan fingerprint density at radius 3 is 2.81 bits per heavy atom. The molecule has 0 aliphatic heterocycles. The summed E-state index contributed by atoms with van der Waals surface area (Å²) in [4.78, 5) is 22.2. The van der Waals surface area contributed by atoms with Gasteiger partial charge in [0.05, 0.1) is 5.92 Å². The fourth-order valence-electron chi connectivity index (χ4n) is 1.92. The van der Waals surface area contributed by atoms with E-state index in [9.17, 15) is 9.59 Å². The van der Waals surface area contributed by atoms with Gasteiger partial charge in [0.25, 0.3) is 0 Å². The second kappa shape index (κ2) is 6.58. The number of carboxylic acids is 1. The summed E-state index contributed by atoms with van der Waals surface area (Å²) in [6, 6.07) is 0.00820. The lowest BCUT2D eigenvalue weighted by atomic mass is 9.86. The molecule has 1 rings (SSSR count). The molecule has 2 N–H and O–H groups in total. The number of hydrogen-bond acceptors (Lipinski definition) is 3. The number of carbonyl (C=O) groups is 2. The predicted molar refractivity (Wildman–Crippen MR) is 64.2 cm³/mol. The Labute approximate surface area is 99.5 Å². The van der Waals surface area contributed by atoms with E-state index in [0.717, 1.165) is 19.3 Å². The van der Waals surface area contributed by atoms with Gasteiger partial charge in [-0.2, -0.15) is 0 Å². The van der Waals surface area contributed by atoms with Crippen molar-refractivity contribution in [3.05, 3.63) is 11.5 Å². The summed E-state index contributed by atoms with van der Waals surface area (Å²) in [7, 11) is 0. The quantitative estimate of drug-likeness (QED) is 0.736. The molecular weight excluding hydrogens is 226 g/mol. The van der Waals surface area contributed by atoms with Crippen molar-refractivity contribution in [1.82, 2.24) is 5.32 Å². The second-order valence-electron chi connectivity index (χ2n) is 3.95. The molecule has 0 radical (unpaired) electrons. The van der Waals surface area contributed by atoms with Crippen molar-refractivity contribution in [2.45, 2.75) is 31.7 Å². The maximum Gasteiger partial charge on any atom is 0.306 e. The van der Waals surface area contributed by atoms with Crippen LogP contribution < -0.4 is 5.32 Å². The second-order valence-corrected chi connectivity index (χ2v) is 4.69. The molecule has 0 bridgehead atoms. The van der Waals surface area contributed by atoms with Crippen molar-refractivity contribution in [1.29, 1.82) is 0 Å². The van der Waals surface area contributed by atoms with Gasteiger partial charge in [0.1, 0.15) is 0 Å². The number of hydrogen-bond donors (Lipinski definition) is 2. The highest BCUT2D eigenvalue weighted by molar-refractivity contribution is 8.01. The van der Waals surface area contributed by atoms with E-state index in [1.807, 2.05) is 6.26 Å². The molecule has 90 valence electrons. The Balaban J connectivity index is 2.39. The molecular formula is C11H17NO3S. The average Bonchev–Trinajstić information content (AvgIpc) is 2.26. The van der Waals surface area contributed by atoms with Gasteiger partial charge in [0.15, 0.2) is 0 Å². The zero-order chi connectivity index (χ0) is 12.0. The topological polar surface area (TPSA) is 66.4 Å². The number of rotatable bonds is 4. The molecule has 1 saturated carbocycles. The van der Waals surface area contributed by atoms with Gasteiger partial charge >= 0.3 is 5.97 Å². The van der Waals surface area contributed by atoms with E-state index in [1.165, 1.54) is 17.8 Å². The number of carboxylic acid groups (broad SMARTS) is 1. The van der Waals surface area contributed by atoms with Gasteiger partial charge in [0.2, 0.25) is 5.91 Å². The molecule has 0 aromatic carbocycles. The summed E-state index contributed by atoms with van der Waals surface area (Å²) in [6.45, 7) is 0. The Bertz CT molecular complexity index is 291. The first-order valence-electron chi connectivity index (χ1n) is 5.36. The number of carbonyl (C=O) groups excluding carboxylic acids is 1. The van der Waals surface area contributed by atoms with Gasteiger partial charge in [0, 0.05) is 12.1 Å². The third-order valence-electron chi connectivity index (χ3n) is 2.73. The van der Waals surface area contributed by atoms with Crippen LogP contribution in [0.4, 0.5) is 0 Å². The van der Waals surface area contributed by atoms with E-state index >= 15 is 0 Å². The molecule has 5 heteroatoms.